The van der Waals surface area contributed by atoms with Gasteiger partial charge in [-0.25, -0.2) is 0 Å². The average Bonchev–Trinajstić information content (AvgIpc) is 2.67. The summed E-state index contributed by atoms with van der Waals surface area (Å²) in [4.78, 5) is 14.3. The van der Waals surface area contributed by atoms with E-state index in [1.165, 1.54) is 6.26 Å². The first kappa shape index (κ1) is 7.73. The Kier molecular flexibility index (Phi) is 1.92. The van der Waals surface area contributed by atoms with Crippen LogP contribution in [0.1, 0.15) is 10.4 Å². The minimum Gasteiger partial charge on any atom is -0.464 e. The summed E-state index contributed by atoms with van der Waals surface area (Å²) in [6.07, 6.45) is 5.55. The Morgan fingerprint density at radius 2 is 2.08 bits per heavy atom. The predicted molar refractivity (Wildman–Crippen MR) is 47.3 cm³/mol. The third-order valence-electron chi connectivity index (χ3n) is 1.72. The molecule has 13 heavy (non-hydrogen) atoms. The van der Waals surface area contributed by atoms with Crippen molar-refractivity contribution >= 4 is 6.29 Å². The van der Waals surface area contributed by atoms with E-state index in [1.54, 1.807) is 18.5 Å². The number of hydrogen-bond donors (Lipinski definition) is 0. The second-order valence-electron chi connectivity index (χ2n) is 2.60. The van der Waals surface area contributed by atoms with Crippen molar-refractivity contribution in [2.45, 2.75) is 0 Å². The molecule has 0 bridgehead atoms. The van der Waals surface area contributed by atoms with Gasteiger partial charge in [0.15, 0.2) is 6.29 Å². The fourth-order valence-corrected chi connectivity index (χ4v) is 1.08. The highest BCUT2D eigenvalue weighted by Gasteiger charge is 2.02. The van der Waals surface area contributed by atoms with Crippen LogP contribution in [0.25, 0.3) is 11.3 Å². The van der Waals surface area contributed by atoms with Crippen molar-refractivity contribution < 1.29 is 9.21 Å². The maximum Gasteiger partial charge on any atom is 0.153 e. The second-order valence-corrected chi connectivity index (χ2v) is 2.60. The first-order valence-corrected chi connectivity index (χ1v) is 3.84. The zero-order valence-electron chi connectivity index (χ0n) is 6.81. The molecular weight excluding hydrogens is 166 g/mol. The van der Waals surface area contributed by atoms with E-state index in [1.807, 2.05) is 12.1 Å². The Hall–Kier alpha value is -1.90. The summed E-state index contributed by atoms with van der Waals surface area (Å²) < 4.78 is 5.18. The molecule has 0 fully saturated rings. The van der Waals surface area contributed by atoms with E-state index >= 15 is 0 Å². The summed E-state index contributed by atoms with van der Waals surface area (Å²) in [7, 11) is 0. The topological polar surface area (TPSA) is 43.1 Å². The molecule has 2 aromatic rings. The molecule has 0 unspecified atom stereocenters. The SMILES string of the molecule is O=Cc1coc(-c2ccncc2)c1. The van der Waals surface area contributed by atoms with Gasteiger partial charge >= 0.3 is 0 Å². The minimum absolute atomic E-state index is 0.548. The van der Waals surface area contributed by atoms with E-state index in [0.717, 1.165) is 11.8 Å². The number of aldehydes is 1. The van der Waals surface area contributed by atoms with Gasteiger partial charge in [0.1, 0.15) is 12.0 Å². The molecule has 2 aromatic heterocycles. The van der Waals surface area contributed by atoms with Gasteiger partial charge in [-0.15, -0.1) is 0 Å². The van der Waals surface area contributed by atoms with E-state index < -0.39 is 0 Å². The highest BCUT2D eigenvalue weighted by molar-refractivity contribution is 5.77. The van der Waals surface area contributed by atoms with Gasteiger partial charge in [0, 0.05) is 18.0 Å². The van der Waals surface area contributed by atoms with Crippen LogP contribution in [0.15, 0.2) is 41.3 Å². The van der Waals surface area contributed by atoms with Crippen molar-refractivity contribution in [3.05, 3.63) is 42.4 Å². The Labute approximate surface area is 75.0 Å². The third kappa shape index (κ3) is 1.49. The highest BCUT2D eigenvalue weighted by atomic mass is 16.3. The fraction of sp³-hybridized carbons (Fsp3) is 0. The summed E-state index contributed by atoms with van der Waals surface area (Å²) in [6, 6.07) is 5.35. The van der Waals surface area contributed by atoms with Crippen molar-refractivity contribution in [2.75, 3.05) is 0 Å². The van der Waals surface area contributed by atoms with E-state index in [9.17, 15) is 4.79 Å². The van der Waals surface area contributed by atoms with Crippen LogP contribution in [0, 0.1) is 0 Å². The summed E-state index contributed by atoms with van der Waals surface area (Å²) in [5.74, 6) is 0.685. The smallest absolute Gasteiger partial charge is 0.153 e. The lowest BCUT2D eigenvalue weighted by Crippen LogP contribution is -1.74. The molecule has 0 aromatic carbocycles. The number of carbonyl (C=O) groups is 1. The van der Waals surface area contributed by atoms with Gasteiger partial charge in [0.05, 0.1) is 5.56 Å². The lowest BCUT2D eigenvalue weighted by atomic mass is 10.2. The van der Waals surface area contributed by atoms with Gasteiger partial charge in [-0.2, -0.15) is 0 Å². The van der Waals surface area contributed by atoms with Crippen LogP contribution >= 0.6 is 0 Å². The quantitative estimate of drug-likeness (QED) is 0.653. The van der Waals surface area contributed by atoms with Crippen molar-refractivity contribution in [3.63, 3.8) is 0 Å². The molecule has 0 spiro atoms. The first-order valence-electron chi connectivity index (χ1n) is 3.84. The van der Waals surface area contributed by atoms with Crippen molar-refractivity contribution in [3.8, 4) is 11.3 Å². The minimum atomic E-state index is 0.548. The van der Waals surface area contributed by atoms with Crippen molar-refractivity contribution in [1.29, 1.82) is 0 Å². The largest absolute Gasteiger partial charge is 0.464 e. The van der Waals surface area contributed by atoms with Gasteiger partial charge in [-0.05, 0) is 18.2 Å². The molecule has 3 nitrogen and oxygen atoms in total. The molecule has 64 valence electrons. The summed E-state index contributed by atoms with van der Waals surface area (Å²) in [6.45, 7) is 0. The zero-order chi connectivity index (χ0) is 9.10. The molecule has 2 heterocycles. The second kappa shape index (κ2) is 3.23. The lowest BCUT2D eigenvalue weighted by Gasteiger charge is -1.92. The van der Waals surface area contributed by atoms with Gasteiger partial charge < -0.3 is 4.42 Å². The van der Waals surface area contributed by atoms with Gasteiger partial charge in [0.25, 0.3) is 0 Å². The molecule has 0 atom stereocenters. The van der Waals surface area contributed by atoms with E-state index in [0.29, 0.717) is 11.3 Å². The molecule has 0 saturated heterocycles. The van der Waals surface area contributed by atoms with Crippen LogP contribution in [-0.4, -0.2) is 11.3 Å². The number of furan rings is 1. The molecule has 3 heteroatoms. The molecular formula is C10H7NO2. The van der Waals surface area contributed by atoms with Crippen LogP contribution < -0.4 is 0 Å². The standard InChI is InChI=1S/C10H7NO2/c12-6-8-5-10(13-7-8)9-1-3-11-4-2-9/h1-7H. The number of carbonyl (C=O) groups excluding carboxylic acids is 1. The Balaban J connectivity index is 2.41. The molecule has 0 saturated carbocycles. The molecule has 0 aliphatic carbocycles. The number of hydrogen-bond acceptors (Lipinski definition) is 3. The monoisotopic (exact) mass is 173 g/mol. The molecule has 0 aliphatic heterocycles. The number of rotatable bonds is 2. The average molecular weight is 173 g/mol. The summed E-state index contributed by atoms with van der Waals surface area (Å²) in [5.41, 5.74) is 1.47. The maximum absolute atomic E-state index is 10.4. The van der Waals surface area contributed by atoms with Crippen LogP contribution in [0.3, 0.4) is 0 Å². The highest BCUT2D eigenvalue weighted by Crippen LogP contribution is 2.19. The lowest BCUT2D eigenvalue weighted by molar-refractivity contribution is 0.112. The summed E-state index contributed by atoms with van der Waals surface area (Å²) >= 11 is 0. The van der Waals surface area contributed by atoms with E-state index in [4.69, 9.17) is 4.42 Å². The normalized spacial score (nSPS) is 9.85. The molecule has 0 radical (unpaired) electrons. The number of nitrogens with zero attached hydrogens (tertiary/aromatic N) is 1. The Morgan fingerprint density at radius 1 is 1.31 bits per heavy atom. The maximum atomic E-state index is 10.4. The third-order valence-corrected chi connectivity index (χ3v) is 1.72. The van der Waals surface area contributed by atoms with Gasteiger partial charge in [-0.3, -0.25) is 9.78 Å². The Bertz CT molecular complexity index is 406. The van der Waals surface area contributed by atoms with Crippen LogP contribution in [0.5, 0.6) is 0 Å². The van der Waals surface area contributed by atoms with Crippen LogP contribution in [-0.2, 0) is 0 Å². The van der Waals surface area contributed by atoms with Crippen LogP contribution in [0.4, 0.5) is 0 Å². The molecule has 0 amide bonds. The van der Waals surface area contributed by atoms with Crippen molar-refractivity contribution in [1.82, 2.24) is 4.98 Å². The molecule has 0 N–H and O–H groups in total. The summed E-state index contributed by atoms with van der Waals surface area (Å²) in [5, 5.41) is 0. The fourth-order valence-electron chi connectivity index (χ4n) is 1.08. The van der Waals surface area contributed by atoms with E-state index in [2.05, 4.69) is 4.98 Å². The van der Waals surface area contributed by atoms with Crippen molar-refractivity contribution in [2.24, 2.45) is 0 Å². The Morgan fingerprint density at radius 3 is 2.69 bits per heavy atom. The molecule has 0 aliphatic rings. The number of aromatic nitrogens is 1. The van der Waals surface area contributed by atoms with E-state index in [-0.39, 0.29) is 0 Å². The van der Waals surface area contributed by atoms with Crippen LogP contribution in [0.2, 0.25) is 0 Å². The zero-order valence-corrected chi connectivity index (χ0v) is 6.81. The van der Waals surface area contributed by atoms with Gasteiger partial charge in [-0.1, -0.05) is 0 Å². The molecule has 2 rings (SSSR count). The predicted octanol–water partition coefficient (Wildman–Crippen LogP) is 2.15. The first-order chi connectivity index (χ1) is 6.40. The van der Waals surface area contributed by atoms with Gasteiger partial charge in [0.2, 0.25) is 0 Å². The number of pyridine rings is 1.